The highest BCUT2D eigenvalue weighted by molar-refractivity contribution is 6.31. The van der Waals surface area contributed by atoms with Crippen LogP contribution in [0.3, 0.4) is 0 Å². The third kappa shape index (κ3) is 7.79. The standard InChI is InChI=1S/C17H28ClFN2/c1-2-3-4-5-6-7-8-9-16(21-20)13-14-12-15(19)10-11-17(14)18/h10-12,16,21H,2-9,13,20H2,1H3. The van der Waals surface area contributed by atoms with Crippen LogP contribution < -0.4 is 11.3 Å². The summed E-state index contributed by atoms with van der Waals surface area (Å²) in [5.74, 6) is 5.35. The molecule has 0 heterocycles. The van der Waals surface area contributed by atoms with E-state index in [0.717, 1.165) is 18.4 Å². The lowest BCUT2D eigenvalue weighted by Crippen LogP contribution is -2.36. The van der Waals surface area contributed by atoms with Crippen molar-refractivity contribution >= 4 is 11.6 Å². The third-order valence-electron chi connectivity index (χ3n) is 3.87. The molecule has 4 heteroatoms. The van der Waals surface area contributed by atoms with Gasteiger partial charge in [-0.15, -0.1) is 0 Å². The molecule has 1 aromatic carbocycles. The molecule has 0 amide bonds. The minimum Gasteiger partial charge on any atom is -0.271 e. The number of hydrogen-bond donors (Lipinski definition) is 2. The number of nitrogens with one attached hydrogen (secondary N) is 1. The first kappa shape index (κ1) is 18.4. The SMILES string of the molecule is CCCCCCCCCC(Cc1cc(F)ccc1Cl)NN. The molecule has 0 aliphatic rings. The molecule has 3 N–H and O–H groups in total. The molecule has 1 unspecified atom stereocenters. The Labute approximate surface area is 133 Å². The normalized spacial score (nSPS) is 12.6. The molecular formula is C17H28ClFN2. The predicted octanol–water partition coefficient (Wildman–Crippen LogP) is 4.99. The van der Waals surface area contributed by atoms with E-state index in [1.54, 1.807) is 6.07 Å². The summed E-state index contributed by atoms with van der Waals surface area (Å²) in [6, 6.07) is 4.64. The Morgan fingerprint density at radius 3 is 2.48 bits per heavy atom. The summed E-state index contributed by atoms with van der Waals surface area (Å²) in [6.07, 6.45) is 10.6. The molecule has 0 saturated carbocycles. The van der Waals surface area contributed by atoms with Crippen LogP contribution in [-0.4, -0.2) is 6.04 Å². The summed E-state index contributed by atoms with van der Waals surface area (Å²) in [4.78, 5) is 0. The van der Waals surface area contributed by atoms with Gasteiger partial charge in [0.15, 0.2) is 0 Å². The zero-order valence-electron chi connectivity index (χ0n) is 13.0. The number of hydrazine groups is 1. The fourth-order valence-electron chi connectivity index (χ4n) is 2.56. The Hall–Kier alpha value is -0.640. The van der Waals surface area contributed by atoms with Crippen molar-refractivity contribution in [1.82, 2.24) is 5.43 Å². The summed E-state index contributed by atoms with van der Waals surface area (Å²) in [5, 5.41) is 0.608. The van der Waals surface area contributed by atoms with Crippen LogP contribution in [0.5, 0.6) is 0 Å². The molecule has 1 atom stereocenters. The molecule has 2 nitrogen and oxygen atoms in total. The van der Waals surface area contributed by atoms with Crippen molar-refractivity contribution in [3.05, 3.63) is 34.6 Å². The summed E-state index contributed by atoms with van der Waals surface area (Å²) in [6.45, 7) is 2.23. The second-order valence-electron chi connectivity index (χ2n) is 5.71. The van der Waals surface area contributed by atoms with Gasteiger partial charge in [-0.3, -0.25) is 11.3 Å². The van der Waals surface area contributed by atoms with Gasteiger partial charge in [-0.1, -0.05) is 63.5 Å². The Morgan fingerprint density at radius 1 is 1.14 bits per heavy atom. The maximum absolute atomic E-state index is 13.2. The van der Waals surface area contributed by atoms with Gasteiger partial charge < -0.3 is 0 Å². The van der Waals surface area contributed by atoms with Crippen LogP contribution in [0, 0.1) is 5.82 Å². The fourth-order valence-corrected chi connectivity index (χ4v) is 2.75. The van der Waals surface area contributed by atoms with Crippen molar-refractivity contribution in [1.29, 1.82) is 0 Å². The second kappa shape index (κ2) is 11.0. The van der Waals surface area contributed by atoms with Crippen LogP contribution in [0.2, 0.25) is 5.02 Å². The lowest BCUT2D eigenvalue weighted by atomic mass is 10.00. The Balaban J connectivity index is 2.27. The molecule has 120 valence electrons. The Kier molecular flexibility index (Phi) is 9.64. The number of halogens is 2. The van der Waals surface area contributed by atoms with Gasteiger partial charge in [-0.05, 0) is 36.6 Å². The molecule has 0 radical (unpaired) electrons. The van der Waals surface area contributed by atoms with E-state index in [0.29, 0.717) is 11.4 Å². The smallest absolute Gasteiger partial charge is 0.123 e. The van der Waals surface area contributed by atoms with E-state index < -0.39 is 0 Å². The van der Waals surface area contributed by atoms with Crippen molar-refractivity contribution in [2.45, 2.75) is 70.8 Å². The second-order valence-corrected chi connectivity index (χ2v) is 6.12. The molecule has 0 aliphatic carbocycles. The zero-order chi connectivity index (χ0) is 15.5. The van der Waals surface area contributed by atoms with E-state index in [-0.39, 0.29) is 11.9 Å². The van der Waals surface area contributed by atoms with Crippen LogP contribution in [0.1, 0.15) is 63.9 Å². The molecule has 0 spiro atoms. The van der Waals surface area contributed by atoms with Crippen LogP contribution in [0.25, 0.3) is 0 Å². The molecule has 0 aromatic heterocycles. The lowest BCUT2D eigenvalue weighted by molar-refractivity contribution is 0.458. The molecular weight excluding hydrogens is 287 g/mol. The van der Waals surface area contributed by atoms with Crippen molar-refractivity contribution in [2.75, 3.05) is 0 Å². The van der Waals surface area contributed by atoms with Gasteiger partial charge in [-0.25, -0.2) is 4.39 Å². The minimum atomic E-state index is -0.249. The maximum atomic E-state index is 13.2. The van der Waals surface area contributed by atoms with Crippen molar-refractivity contribution in [2.24, 2.45) is 5.84 Å². The first-order valence-electron chi connectivity index (χ1n) is 8.07. The highest BCUT2D eigenvalue weighted by atomic mass is 35.5. The van der Waals surface area contributed by atoms with Gasteiger partial charge in [0.05, 0.1) is 0 Å². The van der Waals surface area contributed by atoms with Crippen molar-refractivity contribution in [3.8, 4) is 0 Å². The van der Waals surface area contributed by atoms with Crippen LogP contribution in [0.15, 0.2) is 18.2 Å². The topological polar surface area (TPSA) is 38.0 Å². The van der Waals surface area contributed by atoms with Crippen LogP contribution in [0.4, 0.5) is 4.39 Å². The van der Waals surface area contributed by atoms with Crippen LogP contribution >= 0.6 is 11.6 Å². The highest BCUT2D eigenvalue weighted by Crippen LogP contribution is 2.20. The van der Waals surface area contributed by atoms with E-state index in [4.69, 9.17) is 17.4 Å². The maximum Gasteiger partial charge on any atom is 0.123 e. The molecule has 0 fully saturated rings. The predicted molar refractivity (Wildman–Crippen MR) is 88.8 cm³/mol. The van der Waals surface area contributed by atoms with Gasteiger partial charge in [-0.2, -0.15) is 0 Å². The fraction of sp³-hybridized carbons (Fsp3) is 0.647. The average molecular weight is 315 g/mol. The molecule has 1 aromatic rings. The lowest BCUT2D eigenvalue weighted by Gasteiger charge is -2.16. The summed E-state index contributed by atoms with van der Waals surface area (Å²) in [5.41, 5.74) is 3.65. The number of benzene rings is 1. The van der Waals surface area contributed by atoms with Crippen LogP contribution in [-0.2, 0) is 6.42 Å². The highest BCUT2D eigenvalue weighted by Gasteiger charge is 2.11. The quantitative estimate of drug-likeness (QED) is 0.343. The Morgan fingerprint density at radius 2 is 1.81 bits per heavy atom. The molecule has 21 heavy (non-hydrogen) atoms. The largest absolute Gasteiger partial charge is 0.271 e. The van der Waals surface area contributed by atoms with E-state index in [1.807, 2.05) is 0 Å². The average Bonchev–Trinajstić information content (AvgIpc) is 2.48. The number of hydrogen-bond acceptors (Lipinski definition) is 2. The van der Waals surface area contributed by atoms with Gasteiger partial charge in [0.2, 0.25) is 0 Å². The minimum absolute atomic E-state index is 0.153. The van der Waals surface area contributed by atoms with Gasteiger partial charge >= 0.3 is 0 Å². The molecule has 1 rings (SSSR count). The summed E-state index contributed by atoms with van der Waals surface area (Å²) in [7, 11) is 0. The van der Waals surface area contributed by atoms with Gasteiger partial charge in [0.25, 0.3) is 0 Å². The first-order chi connectivity index (χ1) is 10.2. The molecule has 0 saturated heterocycles. The van der Waals surface area contributed by atoms with E-state index in [9.17, 15) is 4.39 Å². The molecule has 0 bridgehead atoms. The monoisotopic (exact) mass is 314 g/mol. The summed E-state index contributed by atoms with van der Waals surface area (Å²) >= 11 is 6.09. The first-order valence-corrected chi connectivity index (χ1v) is 8.45. The Bertz CT molecular complexity index is 398. The third-order valence-corrected chi connectivity index (χ3v) is 4.23. The number of nitrogens with two attached hydrogens (primary N) is 1. The summed E-state index contributed by atoms with van der Waals surface area (Å²) < 4.78 is 13.2. The van der Waals surface area contributed by atoms with Gasteiger partial charge in [0, 0.05) is 11.1 Å². The van der Waals surface area contributed by atoms with E-state index >= 15 is 0 Å². The molecule has 0 aliphatic heterocycles. The zero-order valence-corrected chi connectivity index (χ0v) is 13.8. The van der Waals surface area contributed by atoms with E-state index in [1.165, 1.54) is 50.7 Å². The number of rotatable bonds is 11. The van der Waals surface area contributed by atoms with Crippen molar-refractivity contribution < 1.29 is 4.39 Å². The number of unbranched alkanes of at least 4 members (excludes halogenated alkanes) is 6. The van der Waals surface area contributed by atoms with Crippen molar-refractivity contribution in [3.63, 3.8) is 0 Å². The van der Waals surface area contributed by atoms with Gasteiger partial charge in [0.1, 0.15) is 5.82 Å². The van der Waals surface area contributed by atoms with E-state index in [2.05, 4.69) is 12.3 Å².